The largest absolute Gasteiger partial charge is 0.255 e. The molecule has 0 radical (unpaired) electrons. The Labute approximate surface area is 136 Å². The molecule has 0 atom stereocenters. The summed E-state index contributed by atoms with van der Waals surface area (Å²) in [6.07, 6.45) is 3.60. The molecule has 0 spiro atoms. The zero-order valence-corrected chi connectivity index (χ0v) is 12.9. The molecule has 0 unspecified atom stereocenters. The SMILES string of the molecule is c1cc(-c2nccc3c2sc2ccccc23)c2nnccc2c1. The Morgan fingerprint density at radius 3 is 2.74 bits per heavy atom. The first-order valence-electron chi connectivity index (χ1n) is 7.39. The van der Waals surface area contributed by atoms with Crippen molar-refractivity contribution in [3.8, 4) is 11.3 Å². The summed E-state index contributed by atoms with van der Waals surface area (Å²) in [7, 11) is 0. The van der Waals surface area contributed by atoms with Crippen molar-refractivity contribution < 1.29 is 0 Å². The van der Waals surface area contributed by atoms with Gasteiger partial charge in [-0.25, -0.2) is 0 Å². The van der Waals surface area contributed by atoms with Crippen LogP contribution in [0.15, 0.2) is 67.0 Å². The number of pyridine rings is 1. The van der Waals surface area contributed by atoms with Crippen LogP contribution in [0.25, 0.3) is 42.3 Å². The van der Waals surface area contributed by atoms with Crippen molar-refractivity contribution in [2.75, 3.05) is 0 Å². The van der Waals surface area contributed by atoms with Crippen LogP contribution in [0.1, 0.15) is 0 Å². The van der Waals surface area contributed by atoms with Gasteiger partial charge in [0, 0.05) is 32.6 Å². The molecule has 3 heterocycles. The summed E-state index contributed by atoms with van der Waals surface area (Å²) >= 11 is 1.78. The van der Waals surface area contributed by atoms with Crippen molar-refractivity contribution in [2.45, 2.75) is 0 Å². The van der Waals surface area contributed by atoms with Crippen molar-refractivity contribution in [1.29, 1.82) is 0 Å². The Bertz CT molecular complexity index is 1170. The molecular formula is C19H11N3S. The molecule has 3 aromatic heterocycles. The standard InChI is InChI=1S/C19H11N3S/c1-2-7-16-13(5-1)14-9-10-20-18(19(14)23-16)15-6-3-4-12-8-11-21-22-17(12)15/h1-11H. The van der Waals surface area contributed by atoms with Gasteiger partial charge in [-0.1, -0.05) is 36.4 Å². The second kappa shape index (κ2) is 4.83. The molecule has 0 saturated heterocycles. The molecule has 0 aliphatic carbocycles. The van der Waals surface area contributed by atoms with Gasteiger partial charge in [0.2, 0.25) is 0 Å². The molecule has 5 rings (SSSR count). The minimum atomic E-state index is 0.896. The van der Waals surface area contributed by atoms with E-state index in [1.807, 2.05) is 18.3 Å². The van der Waals surface area contributed by atoms with Gasteiger partial charge in [-0.3, -0.25) is 4.98 Å². The molecule has 0 fully saturated rings. The van der Waals surface area contributed by atoms with Crippen LogP contribution in [0, 0.1) is 0 Å². The lowest BCUT2D eigenvalue weighted by Crippen LogP contribution is -1.89. The highest BCUT2D eigenvalue weighted by molar-refractivity contribution is 7.26. The van der Waals surface area contributed by atoms with Crippen LogP contribution in [-0.4, -0.2) is 15.2 Å². The molecule has 0 N–H and O–H groups in total. The van der Waals surface area contributed by atoms with E-state index in [-0.39, 0.29) is 0 Å². The number of aromatic nitrogens is 3. The molecule has 0 amide bonds. The fraction of sp³-hybridized carbons (Fsp3) is 0. The molecule has 0 saturated carbocycles. The monoisotopic (exact) mass is 313 g/mol. The fourth-order valence-corrected chi connectivity index (χ4v) is 4.25. The topological polar surface area (TPSA) is 38.7 Å². The summed E-state index contributed by atoms with van der Waals surface area (Å²) in [5.74, 6) is 0. The molecule has 0 aliphatic rings. The minimum absolute atomic E-state index is 0.896. The average molecular weight is 313 g/mol. The number of benzene rings is 2. The lowest BCUT2D eigenvalue weighted by molar-refractivity contribution is 1.08. The van der Waals surface area contributed by atoms with Gasteiger partial charge in [-0.05, 0) is 18.2 Å². The molecule has 2 aromatic carbocycles. The maximum absolute atomic E-state index is 4.67. The van der Waals surface area contributed by atoms with Gasteiger partial charge < -0.3 is 0 Å². The van der Waals surface area contributed by atoms with E-state index in [9.17, 15) is 0 Å². The van der Waals surface area contributed by atoms with Gasteiger partial charge in [0.05, 0.1) is 16.6 Å². The Kier molecular flexibility index (Phi) is 2.66. The highest BCUT2D eigenvalue weighted by Crippen LogP contribution is 2.39. The maximum Gasteiger partial charge on any atom is 0.102 e. The smallest absolute Gasteiger partial charge is 0.102 e. The van der Waals surface area contributed by atoms with Crippen LogP contribution in [0.4, 0.5) is 0 Å². The molecule has 3 nitrogen and oxygen atoms in total. The molecule has 108 valence electrons. The van der Waals surface area contributed by atoms with Gasteiger partial charge >= 0.3 is 0 Å². The molecule has 0 aliphatic heterocycles. The highest BCUT2D eigenvalue weighted by Gasteiger charge is 2.13. The van der Waals surface area contributed by atoms with E-state index in [0.29, 0.717) is 0 Å². The lowest BCUT2D eigenvalue weighted by Gasteiger charge is -2.05. The average Bonchev–Trinajstić information content (AvgIpc) is 3.00. The summed E-state index contributed by atoms with van der Waals surface area (Å²) in [6.45, 7) is 0. The second-order valence-electron chi connectivity index (χ2n) is 5.41. The number of fused-ring (bicyclic) bond motifs is 4. The third kappa shape index (κ3) is 1.85. The van der Waals surface area contributed by atoms with Gasteiger partial charge in [-0.2, -0.15) is 5.10 Å². The fourth-order valence-electron chi connectivity index (χ4n) is 3.05. The predicted molar refractivity (Wildman–Crippen MR) is 95.7 cm³/mol. The van der Waals surface area contributed by atoms with Gasteiger partial charge in [-0.15, -0.1) is 16.4 Å². The first-order chi connectivity index (χ1) is 11.4. The van der Waals surface area contributed by atoms with Crippen molar-refractivity contribution in [1.82, 2.24) is 15.2 Å². The second-order valence-corrected chi connectivity index (χ2v) is 6.46. The van der Waals surface area contributed by atoms with Crippen molar-refractivity contribution in [3.63, 3.8) is 0 Å². The third-order valence-corrected chi connectivity index (χ3v) is 5.29. The highest BCUT2D eigenvalue weighted by atomic mass is 32.1. The van der Waals surface area contributed by atoms with Crippen molar-refractivity contribution in [3.05, 3.63) is 67.0 Å². The molecular weight excluding hydrogens is 302 g/mol. The zero-order chi connectivity index (χ0) is 15.2. The molecule has 0 bridgehead atoms. The van der Waals surface area contributed by atoms with Gasteiger partial charge in [0.15, 0.2) is 0 Å². The summed E-state index contributed by atoms with van der Waals surface area (Å²) in [4.78, 5) is 4.67. The van der Waals surface area contributed by atoms with E-state index in [2.05, 4.69) is 57.6 Å². The van der Waals surface area contributed by atoms with Crippen LogP contribution < -0.4 is 0 Å². The van der Waals surface area contributed by atoms with Gasteiger partial charge in [0.25, 0.3) is 0 Å². The Hall–Kier alpha value is -2.85. The molecule has 5 aromatic rings. The van der Waals surface area contributed by atoms with E-state index in [1.54, 1.807) is 17.5 Å². The molecule has 4 heteroatoms. The summed E-state index contributed by atoms with van der Waals surface area (Å²) < 4.78 is 2.48. The lowest BCUT2D eigenvalue weighted by atomic mass is 10.1. The normalized spacial score (nSPS) is 11.5. The Morgan fingerprint density at radius 2 is 1.74 bits per heavy atom. The summed E-state index contributed by atoms with van der Waals surface area (Å²) in [5.41, 5.74) is 2.91. The van der Waals surface area contributed by atoms with Crippen LogP contribution in [0.2, 0.25) is 0 Å². The predicted octanol–water partition coefficient (Wildman–Crippen LogP) is 5.06. The number of hydrogen-bond acceptors (Lipinski definition) is 4. The first kappa shape index (κ1) is 12.7. The summed E-state index contributed by atoms with van der Waals surface area (Å²) in [5, 5.41) is 12.0. The van der Waals surface area contributed by atoms with E-state index in [1.165, 1.54) is 20.2 Å². The van der Waals surface area contributed by atoms with Gasteiger partial charge in [0.1, 0.15) is 5.52 Å². The Balaban J connectivity index is 1.93. The molecule has 23 heavy (non-hydrogen) atoms. The van der Waals surface area contributed by atoms with Crippen LogP contribution >= 0.6 is 11.3 Å². The van der Waals surface area contributed by atoms with E-state index < -0.39 is 0 Å². The number of nitrogens with zero attached hydrogens (tertiary/aromatic N) is 3. The maximum atomic E-state index is 4.67. The van der Waals surface area contributed by atoms with Crippen LogP contribution in [0.3, 0.4) is 0 Å². The third-order valence-electron chi connectivity index (χ3n) is 4.09. The number of hydrogen-bond donors (Lipinski definition) is 0. The van der Waals surface area contributed by atoms with E-state index >= 15 is 0 Å². The van der Waals surface area contributed by atoms with Crippen LogP contribution in [-0.2, 0) is 0 Å². The Morgan fingerprint density at radius 1 is 0.783 bits per heavy atom. The number of thiophene rings is 1. The number of rotatable bonds is 1. The van der Waals surface area contributed by atoms with E-state index in [4.69, 9.17) is 0 Å². The summed E-state index contributed by atoms with van der Waals surface area (Å²) in [6, 6.07) is 18.7. The first-order valence-corrected chi connectivity index (χ1v) is 8.20. The quantitative estimate of drug-likeness (QED) is 0.434. The van der Waals surface area contributed by atoms with E-state index in [0.717, 1.165) is 22.2 Å². The van der Waals surface area contributed by atoms with Crippen molar-refractivity contribution in [2.24, 2.45) is 0 Å². The minimum Gasteiger partial charge on any atom is -0.255 e. The van der Waals surface area contributed by atoms with Crippen molar-refractivity contribution >= 4 is 42.4 Å². The zero-order valence-electron chi connectivity index (χ0n) is 12.1. The van der Waals surface area contributed by atoms with Crippen LogP contribution in [0.5, 0.6) is 0 Å².